The Kier molecular flexibility index (Phi) is 28.8. The van der Waals surface area contributed by atoms with Gasteiger partial charge in [-0.05, 0) is 0 Å². The Bertz CT molecular complexity index is 92.1. The third-order valence-electron chi connectivity index (χ3n) is 0. The largest absolute Gasteiger partial charge is 3.00 e. The molecule has 1 radical (unpaired) electrons. The molecule has 0 saturated heterocycles. The summed E-state index contributed by atoms with van der Waals surface area (Å²) in [5.74, 6) is 0. The van der Waals surface area contributed by atoms with Crippen LogP contribution in [-0.4, -0.2) is 11.0 Å². The molecule has 14 nitrogen and oxygen atoms in total. The number of hydrogen-bond donors (Lipinski definition) is 0. The summed E-state index contributed by atoms with van der Waals surface area (Å²) in [7, 11) is -14.8. The predicted molar refractivity (Wildman–Crippen MR) is 7.23 cm³/mol. The van der Waals surface area contributed by atoms with E-state index in [2.05, 4.69) is 0 Å². The molecule has 0 amide bonds. The topological polar surface area (TPSA) is 340 Å². The van der Waals surface area contributed by atoms with Crippen LogP contribution in [0.25, 0.3) is 0 Å². The van der Waals surface area contributed by atoms with Crippen LogP contribution >= 0.6 is 0 Å². The van der Waals surface area contributed by atoms with Crippen molar-refractivity contribution in [2.75, 3.05) is 0 Å². The van der Waals surface area contributed by atoms with Gasteiger partial charge >= 0.3 is 17.4 Å². The van der Waals surface area contributed by atoms with E-state index in [-0.39, 0.29) is 28.3 Å². The van der Waals surface area contributed by atoms with Crippen molar-refractivity contribution >= 4 is 0 Å². The Hall–Kier alpha value is 0.842. The Morgan fingerprint density at radius 3 is 0.333 bits per heavy atom. The van der Waals surface area contributed by atoms with Crippen molar-refractivity contribution in [2.24, 2.45) is 0 Å². The molecule has 0 atom stereocenters. The molecule has 4 N–H and O–H groups in total. The van der Waals surface area contributed by atoms with Gasteiger partial charge in [-0.3, -0.25) is 0 Å². The van der Waals surface area contributed by atoms with Gasteiger partial charge in [-0.2, -0.15) is 0 Å². The second-order valence-electron chi connectivity index (χ2n) is 1.13. The van der Waals surface area contributed by atoms with E-state index < -0.39 is 30.7 Å². The van der Waals surface area contributed by atoms with Gasteiger partial charge in [0.15, 0.2) is 0 Å². The van der Waals surface area contributed by atoms with Gasteiger partial charge in [0.2, 0.25) is 0 Å². The van der Waals surface area contributed by atoms with E-state index in [9.17, 15) is 0 Å². The Balaban J connectivity index is -0.0000000277. The van der Waals surface area contributed by atoms with E-state index in [0.717, 1.165) is 0 Å². The van der Waals surface area contributed by atoms with Crippen LogP contribution in [0.4, 0.5) is 0 Å². The van der Waals surface area contributed by atoms with Crippen molar-refractivity contribution in [3.63, 3.8) is 0 Å². The Morgan fingerprint density at radius 1 is 0.333 bits per heavy atom. The smallest absolute Gasteiger partial charge is 0.412 e. The van der Waals surface area contributed by atoms with Gasteiger partial charge in [-0.15, -0.1) is 30.7 Å². The molecular formula is H4Cl3CrO14. The maximum atomic E-state index is 8.49. The van der Waals surface area contributed by atoms with E-state index in [4.69, 9.17) is 55.9 Å². The molecule has 115 valence electrons. The molecule has 0 aliphatic heterocycles. The molecule has 0 aliphatic carbocycles. The first kappa shape index (κ1) is 36.4. The van der Waals surface area contributed by atoms with Crippen LogP contribution in [0.5, 0.6) is 0 Å². The molecule has 0 aromatic carbocycles. The zero-order valence-corrected chi connectivity index (χ0v) is 11.0. The summed E-state index contributed by atoms with van der Waals surface area (Å²) in [5.41, 5.74) is 0. The molecule has 0 aliphatic rings. The van der Waals surface area contributed by atoms with E-state index in [0.29, 0.717) is 0 Å². The summed E-state index contributed by atoms with van der Waals surface area (Å²) in [6.45, 7) is 0. The van der Waals surface area contributed by atoms with Gasteiger partial charge in [0.1, 0.15) is 0 Å². The standard InChI is InChI=1S/3ClHO4.Cr.2H2O/c3*2-1(3,4)5;;;/h3*(H,2,3,4,5);;2*1H2/q;;;+3;;/p-3. The van der Waals surface area contributed by atoms with Crippen LogP contribution < -0.4 is 55.9 Å². The fourth-order valence-corrected chi connectivity index (χ4v) is 0. The molecule has 0 unspecified atom stereocenters. The molecule has 18 heteroatoms. The van der Waals surface area contributed by atoms with Gasteiger partial charge < -0.3 is 11.0 Å². The van der Waals surface area contributed by atoms with Crippen molar-refractivity contribution in [1.29, 1.82) is 0 Å². The van der Waals surface area contributed by atoms with Gasteiger partial charge in [-0.1, -0.05) is 0 Å². The molecular weight excluding hydrogens is 382 g/mol. The number of halogens is 3. The summed E-state index contributed by atoms with van der Waals surface area (Å²) < 4.78 is 102. The van der Waals surface area contributed by atoms with Crippen LogP contribution in [0.3, 0.4) is 0 Å². The van der Waals surface area contributed by atoms with Crippen LogP contribution in [0.15, 0.2) is 0 Å². The average molecular weight is 386 g/mol. The molecule has 0 saturated carbocycles. The molecule has 18 heavy (non-hydrogen) atoms. The van der Waals surface area contributed by atoms with Gasteiger partial charge in [0.05, 0.1) is 0 Å². The SMILES string of the molecule is O.O.[Cr+3].[O-][Cl+3]([O-])([O-])[O-].[O-][Cl+3]([O-])([O-])[O-].[O-][Cl+3]([O-])([O-])[O-]. The minimum absolute atomic E-state index is 0. The number of hydrogen-bond acceptors (Lipinski definition) is 12. The zero-order valence-electron chi connectivity index (χ0n) is 7.44. The summed E-state index contributed by atoms with van der Waals surface area (Å²) in [6, 6.07) is 0. The quantitative estimate of drug-likeness (QED) is 0.374. The Morgan fingerprint density at radius 2 is 0.333 bits per heavy atom. The minimum atomic E-state index is -4.94. The molecule has 0 aromatic rings. The van der Waals surface area contributed by atoms with E-state index in [1.807, 2.05) is 0 Å². The predicted octanol–water partition coefficient (Wildman–Crippen LogP) is -15.9. The molecule has 0 fully saturated rings. The third-order valence-corrected chi connectivity index (χ3v) is 0. The first-order chi connectivity index (χ1) is 6.00. The monoisotopic (exact) mass is 385 g/mol. The fourth-order valence-electron chi connectivity index (χ4n) is 0. The van der Waals surface area contributed by atoms with Crippen LogP contribution in [-0.2, 0) is 17.4 Å². The summed E-state index contributed by atoms with van der Waals surface area (Å²) in [4.78, 5) is 0. The van der Waals surface area contributed by atoms with E-state index in [1.165, 1.54) is 0 Å². The number of rotatable bonds is 0. The van der Waals surface area contributed by atoms with Gasteiger partial charge in [0.25, 0.3) is 0 Å². The van der Waals surface area contributed by atoms with Crippen molar-refractivity contribution in [3.05, 3.63) is 0 Å². The van der Waals surface area contributed by atoms with E-state index >= 15 is 0 Å². The van der Waals surface area contributed by atoms with Gasteiger partial charge in [0, 0.05) is 0 Å². The van der Waals surface area contributed by atoms with Gasteiger partial charge in [-0.25, -0.2) is 55.9 Å². The normalized spacial score (nSPS) is 10.0. The zero-order chi connectivity index (χ0) is 13.5. The summed E-state index contributed by atoms with van der Waals surface area (Å²) >= 11 is 0. The summed E-state index contributed by atoms with van der Waals surface area (Å²) in [5, 5.41) is 0. The maximum absolute atomic E-state index is 8.49. The minimum Gasteiger partial charge on any atom is -0.412 e. The van der Waals surface area contributed by atoms with Crippen molar-refractivity contribution < 1.29 is 115 Å². The average Bonchev–Trinajstić information content (AvgIpc) is 1.41. The second kappa shape index (κ2) is 14.3. The molecule has 0 rings (SSSR count). The fraction of sp³-hybridized carbons (Fsp3) is 0. The van der Waals surface area contributed by atoms with Crippen molar-refractivity contribution in [2.45, 2.75) is 0 Å². The van der Waals surface area contributed by atoms with Crippen LogP contribution in [0.2, 0.25) is 0 Å². The first-order valence-corrected chi connectivity index (χ1v) is 5.55. The van der Waals surface area contributed by atoms with Crippen molar-refractivity contribution in [3.8, 4) is 0 Å². The van der Waals surface area contributed by atoms with E-state index in [1.54, 1.807) is 0 Å². The molecule has 0 spiro atoms. The van der Waals surface area contributed by atoms with Crippen molar-refractivity contribution in [1.82, 2.24) is 0 Å². The second-order valence-corrected chi connectivity index (χ2v) is 3.40. The molecule has 0 heterocycles. The third kappa shape index (κ3) is 5960. The summed E-state index contributed by atoms with van der Waals surface area (Å²) in [6.07, 6.45) is 0. The first-order valence-electron chi connectivity index (χ1n) is 1.85. The van der Waals surface area contributed by atoms with Crippen LogP contribution in [0.1, 0.15) is 0 Å². The maximum Gasteiger partial charge on any atom is 3.00 e. The van der Waals surface area contributed by atoms with Crippen LogP contribution in [0, 0.1) is 30.7 Å². The molecule has 0 aromatic heterocycles. The molecule has 0 bridgehead atoms. The Labute approximate surface area is 115 Å².